The van der Waals surface area contributed by atoms with Crippen molar-refractivity contribution in [1.82, 2.24) is 14.8 Å². The van der Waals surface area contributed by atoms with Gasteiger partial charge in [0, 0.05) is 11.8 Å². The zero-order valence-electron chi connectivity index (χ0n) is 8.88. The molecule has 2 aromatic heterocycles. The second kappa shape index (κ2) is 3.73. The molecule has 0 bridgehead atoms. The molecule has 0 aliphatic heterocycles. The number of aryl methyl sites for hydroxylation is 1. The van der Waals surface area contributed by atoms with Gasteiger partial charge in [0.2, 0.25) is 0 Å². The number of anilines is 1. The minimum absolute atomic E-state index is 0.0694. The van der Waals surface area contributed by atoms with Gasteiger partial charge in [-0.05, 0) is 26.0 Å². The highest BCUT2D eigenvalue weighted by Gasteiger charge is 2.13. The first-order valence-electron chi connectivity index (χ1n) is 4.90. The highest BCUT2D eigenvalue weighted by molar-refractivity contribution is 5.38. The van der Waals surface area contributed by atoms with Gasteiger partial charge in [-0.1, -0.05) is 6.07 Å². The highest BCUT2D eigenvalue weighted by atomic mass is 15.3. The van der Waals surface area contributed by atoms with Crippen LogP contribution in [0.3, 0.4) is 0 Å². The lowest BCUT2D eigenvalue weighted by atomic mass is 10.2. The Balaban J connectivity index is 2.37. The summed E-state index contributed by atoms with van der Waals surface area (Å²) in [4.78, 5) is 4.29. The lowest BCUT2D eigenvalue weighted by molar-refractivity contribution is 0.559. The minimum Gasteiger partial charge on any atom is -0.384 e. The van der Waals surface area contributed by atoms with Gasteiger partial charge in [0.1, 0.15) is 5.82 Å². The van der Waals surface area contributed by atoms with Gasteiger partial charge in [0.05, 0.1) is 17.9 Å². The summed E-state index contributed by atoms with van der Waals surface area (Å²) in [6, 6.07) is 5.90. The van der Waals surface area contributed by atoms with Gasteiger partial charge in [-0.2, -0.15) is 5.10 Å². The second-order valence-electron chi connectivity index (χ2n) is 3.59. The van der Waals surface area contributed by atoms with Crippen molar-refractivity contribution in [2.45, 2.75) is 19.9 Å². The van der Waals surface area contributed by atoms with E-state index in [1.54, 1.807) is 17.1 Å². The Bertz CT molecular complexity index is 447. The van der Waals surface area contributed by atoms with Gasteiger partial charge in [-0.3, -0.25) is 4.98 Å². The normalized spacial score (nSPS) is 12.7. The van der Waals surface area contributed by atoms with E-state index in [4.69, 9.17) is 5.73 Å². The minimum atomic E-state index is 0.0694. The van der Waals surface area contributed by atoms with Gasteiger partial charge < -0.3 is 5.73 Å². The molecule has 0 saturated carbocycles. The van der Waals surface area contributed by atoms with Crippen LogP contribution < -0.4 is 5.73 Å². The van der Waals surface area contributed by atoms with Gasteiger partial charge in [-0.25, -0.2) is 4.68 Å². The van der Waals surface area contributed by atoms with Gasteiger partial charge in [0.25, 0.3) is 0 Å². The predicted molar refractivity (Wildman–Crippen MR) is 59.4 cm³/mol. The van der Waals surface area contributed by atoms with Crippen LogP contribution in [0.5, 0.6) is 0 Å². The Kier molecular flexibility index (Phi) is 2.41. The number of hydrogen-bond donors (Lipinski definition) is 1. The molecular formula is C11H14N4. The summed E-state index contributed by atoms with van der Waals surface area (Å²) < 4.78 is 1.79. The highest BCUT2D eigenvalue weighted by Crippen LogP contribution is 2.20. The zero-order chi connectivity index (χ0) is 10.8. The standard InChI is InChI=1S/C11H14N4/c1-8-7-14-15(11(8)12)9(2)10-5-3-4-6-13-10/h3-7,9H,12H2,1-2H3. The SMILES string of the molecule is Cc1cnn(C(C)c2ccccn2)c1N. The third kappa shape index (κ3) is 1.70. The lowest BCUT2D eigenvalue weighted by Gasteiger charge is -2.13. The molecule has 2 aromatic rings. The Morgan fingerprint density at radius 3 is 2.73 bits per heavy atom. The van der Waals surface area contributed by atoms with E-state index >= 15 is 0 Å². The van der Waals surface area contributed by atoms with Crippen LogP contribution in [0.25, 0.3) is 0 Å². The Morgan fingerprint density at radius 2 is 2.20 bits per heavy atom. The van der Waals surface area contributed by atoms with Gasteiger partial charge in [0.15, 0.2) is 0 Å². The van der Waals surface area contributed by atoms with Gasteiger partial charge in [-0.15, -0.1) is 0 Å². The third-order valence-electron chi connectivity index (χ3n) is 2.51. The van der Waals surface area contributed by atoms with Crippen molar-refractivity contribution in [3.05, 3.63) is 41.9 Å². The average Bonchev–Trinajstić information content (AvgIpc) is 2.60. The average molecular weight is 202 g/mol. The molecule has 1 unspecified atom stereocenters. The number of rotatable bonds is 2. The van der Waals surface area contributed by atoms with E-state index in [-0.39, 0.29) is 6.04 Å². The molecule has 0 aliphatic rings. The fourth-order valence-electron chi connectivity index (χ4n) is 1.51. The molecule has 2 N–H and O–H groups in total. The zero-order valence-corrected chi connectivity index (χ0v) is 8.88. The van der Waals surface area contributed by atoms with Crippen molar-refractivity contribution in [1.29, 1.82) is 0 Å². The molecule has 2 heterocycles. The van der Waals surface area contributed by atoms with Crippen molar-refractivity contribution in [2.24, 2.45) is 0 Å². The summed E-state index contributed by atoms with van der Waals surface area (Å²) >= 11 is 0. The molecule has 4 heteroatoms. The van der Waals surface area contributed by atoms with Crippen LogP contribution >= 0.6 is 0 Å². The largest absolute Gasteiger partial charge is 0.384 e. The maximum atomic E-state index is 5.91. The van der Waals surface area contributed by atoms with Crippen LogP contribution in [0, 0.1) is 6.92 Å². The monoisotopic (exact) mass is 202 g/mol. The summed E-state index contributed by atoms with van der Waals surface area (Å²) in [7, 11) is 0. The fraction of sp³-hybridized carbons (Fsp3) is 0.273. The summed E-state index contributed by atoms with van der Waals surface area (Å²) in [5.74, 6) is 0.702. The molecule has 4 nitrogen and oxygen atoms in total. The number of pyridine rings is 1. The number of hydrogen-bond acceptors (Lipinski definition) is 3. The van der Waals surface area contributed by atoms with Crippen molar-refractivity contribution < 1.29 is 0 Å². The van der Waals surface area contributed by atoms with Crippen LogP contribution in [0.1, 0.15) is 24.2 Å². The third-order valence-corrected chi connectivity index (χ3v) is 2.51. The smallest absolute Gasteiger partial charge is 0.125 e. The van der Waals surface area contributed by atoms with Crippen molar-refractivity contribution in [3.8, 4) is 0 Å². The van der Waals surface area contributed by atoms with Crippen molar-refractivity contribution >= 4 is 5.82 Å². The molecular weight excluding hydrogens is 188 g/mol. The van der Waals surface area contributed by atoms with Crippen LogP contribution in [0.15, 0.2) is 30.6 Å². The van der Waals surface area contributed by atoms with E-state index in [1.165, 1.54) is 0 Å². The first-order chi connectivity index (χ1) is 7.20. The van der Waals surface area contributed by atoms with E-state index in [2.05, 4.69) is 10.1 Å². The Hall–Kier alpha value is -1.84. The molecule has 0 aliphatic carbocycles. The first-order valence-corrected chi connectivity index (χ1v) is 4.90. The molecule has 2 rings (SSSR count). The van der Waals surface area contributed by atoms with E-state index < -0.39 is 0 Å². The molecule has 0 amide bonds. The van der Waals surface area contributed by atoms with Crippen LogP contribution in [0.2, 0.25) is 0 Å². The molecule has 0 radical (unpaired) electrons. The number of nitrogens with two attached hydrogens (primary N) is 1. The maximum Gasteiger partial charge on any atom is 0.125 e. The first kappa shape index (κ1) is 9.71. The summed E-state index contributed by atoms with van der Waals surface area (Å²) in [5.41, 5.74) is 7.88. The Morgan fingerprint density at radius 1 is 1.40 bits per heavy atom. The molecule has 78 valence electrons. The summed E-state index contributed by atoms with van der Waals surface area (Å²) in [6.07, 6.45) is 3.55. The summed E-state index contributed by atoms with van der Waals surface area (Å²) in [6.45, 7) is 3.98. The number of nitrogen functional groups attached to an aromatic ring is 1. The topological polar surface area (TPSA) is 56.7 Å². The molecule has 0 fully saturated rings. The van der Waals surface area contributed by atoms with E-state index in [1.807, 2.05) is 32.0 Å². The molecule has 15 heavy (non-hydrogen) atoms. The van der Waals surface area contributed by atoms with Crippen LogP contribution in [-0.4, -0.2) is 14.8 Å². The fourth-order valence-corrected chi connectivity index (χ4v) is 1.51. The van der Waals surface area contributed by atoms with Crippen LogP contribution in [-0.2, 0) is 0 Å². The maximum absolute atomic E-state index is 5.91. The number of nitrogens with zero attached hydrogens (tertiary/aromatic N) is 3. The molecule has 0 aromatic carbocycles. The predicted octanol–water partition coefficient (Wildman–Crippen LogP) is 1.78. The molecule has 1 atom stereocenters. The Labute approximate surface area is 88.8 Å². The second-order valence-corrected chi connectivity index (χ2v) is 3.59. The van der Waals surface area contributed by atoms with Crippen molar-refractivity contribution in [3.63, 3.8) is 0 Å². The van der Waals surface area contributed by atoms with Gasteiger partial charge >= 0.3 is 0 Å². The molecule has 0 saturated heterocycles. The summed E-state index contributed by atoms with van der Waals surface area (Å²) in [5, 5.41) is 4.24. The quantitative estimate of drug-likeness (QED) is 0.807. The van der Waals surface area contributed by atoms with E-state index in [0.29, 0.717) is 5.82 Å². The van der Waals surface area contributed by atoms with Crippen molar-refractivity contribution in [2.75, 3.05) is 5.73 Å². The molecule has 0 spiro atoms. The van der Waals surface area contributed by atoms with E-state index in [9.17, 15) is 0 Å². The number of aromatic nitrogens is 3. The van der Waals surface area contributed by atoms with E-state index in [0.717, 1.165) is 11.3 Å². The lowest BCUT2D eigenvalue weighted by Crippen LogP contribution is -2.12. The van der Waals surface area contributed by atoms with Crippen LogP contribution in [0.4, 0.5) is 5.82 Å².